The summed E-state index contributed by atoms with van der Waals surface area (Å²) in [6.45, 7) is 1.49. The first-order valence-electron chi connectivity index (χ1n) is 8.62. The summed E-state index contributed by atoms with van der Waals surface area (Å²) in [7, 11) is -3.74. The number of carbonyl (C=O) groups excluding carboxylic acids is 2. The van der Waals surface area contributed by atoms with Crippen molar-refractivity contribution in [3.8, 4) is 0 Å². The molecule has 28 heavy (non-hydrogen) atoms. The molecule has 1 aliphatic heterocycles. The van der Waals surface area contributed by atoms with E-state index in [2.05, 4.69) is 10.6 Å². The number of benzene rings is 2. The third kappa shape index (κ3) is 4.87. The van der Waals surface area contributed by atoms with Crippen molar-refractivity contribution >= 4 is 56.4 Å². The lowest BCUT2D eigenvalue weighted by Crippen LogP contribution is -2.25. The minimum Gasteiger partial charge on any atom is -0.326 e. The van der Waals surface area contributed by atoms with Crippen LogP contribution in [0.3, 0.4) is 0 Å². The number of sulfone groups is 1. The van der Waals surface area contributed by atoms with Gasteiger partial charge in [-0.25, -0.2) is 8.42 Å². The molecule has 2 N–H and O–H groups in total. The van der Waals surface area contributed by atoms with Crippen molar-refractivity contribution in [3.05, 3.63) is 47.5 Å². The highest BCUT2D eigenvalue weighted by molar-refractivity contribution is 7.99. The molecule has 3 rings (SSSR count). The normalized spacial score (nSPS) is 15.1. The molecule has 0 aliphatic carbocycles. The van der Waals surface area contributed by atoms with Crippen molar-refractivity contribution in [1.29, 1.82) is 0 Å². The van der Waals surface area contributed by atoms with Crippen molar-refractivity contribution in [2.24, 2.45) is 0 Å². The maximum absolute atomic E-state index is 12.9. The predicted octanol–water partition coefficient (Wildman–Crippen LogP) is 3.97. The zero-order chi connectivity index (χ0) is 20.3. The van der Waals surface area contributed by atoms with Gasteiger partial charge in [0.1, 0.15) is 0 Å². The molecule has 2 amide bonds. The number of hydrogen-bond donors (Lipinski definition) is 2. The van der Waals surface area contributed by atoms with Crippen molar-refractivity contribution in [2.45, 2.75) is 34.8 Å². The Labute approximate surface area is 173 Å². The quantitative estimate of drug-likeness (QED) is 0.736. The van der Waals surface area contributed by atoms with Gasteiger partial charge in [-0.2, -0.15) is 0 Å². The van der Waals surface area contributed by atoms with Crippen LogP contribution in [0.25, 0.3) is 0 Å². The van der Waals surface area contributed by atoms with Crippen LogP contribution < -0.4 is 10.6 Å². The number of thioether (sulfide) groups is 1. The molecular formula is C19H19ClN2O4S2. The van der Waals surface area contributed by atoms with Gasteiger partial charge in [0.2, 0.25) is 11.8 Å². The monoisotopic (exact) mass is 438 g/mol. The fraction of sp³-hybridized carbons (Fsp3) is 0.263. The zero-order valence-corrected chi connectivity index (χ0v) is 17.5. The van der Waals surface area contributed by atoms with E-state index in [1.807, 2.05) is 0 Å². The fourth-order valence-corrected chi connectivity index (χ4v) is 5.26. The molecule has 0 bridgehead atoms. The number of nitrogens with one attached hydrogen (secondary N) is 2. The van der Waals surface area contributed by atoms with Crippen LogP contribution in [0.15, 0.2) is 52.3 Å². The van der Waals surface area contributed by atoms with Gasteiger partial charge in [-0.05, 0) is 43.3 Å². The number of halogens is 1. The number of hydrogen-bond acceptors (Lipinski definition) is 5. The Morgan fingerprint density at radius 1 is 1.29 bits per heavy atom. The largest absolute Gasteiger partial charge is 0.326 e. The maximum atomic E-state index is 12.9. The molecule has 0 fully saturated rings. The molecule has 6 nitrogen and oxygen atoms in total. The molecule has 0 radical (unpaired) electrons. The highest BCUT2D eigenvalue weighted by atomic mass is 35.5. The second-order valence-corrected chi connectivity index (χ2v) is 10.4. The minimum atomic E-state index is -3.74. The smallest absolute Gasteiger partial charge is 0.225 e. The molecule has 1 heterocycles. The molecule has 9 heteroatoms. The van der Waals surface area contributed by atoms with E-state index in [-0.39, 0.29) is 17.2 Å². The molecule has 0 spiro atoms. The Morgan fingerprint density at radius 2 is 2.07 bits per heavy atom. The van der Waals surface area contributed by atoms with Gasteiger partial charge in [0.05, 0.1) is 15.8 Å². The van der Waals surface area contributed by atoms with Gasteiger partial charge in [-0.3, -0.25) is 9.59 Å². The van der Waals surface area contributed by atoms with Crippen molar-refractivity contribution in [3.63, 3.8) is 0 Å². The first-order chi connectivity index (χ1) is 13.3. The van der Waals surface area contributed by atoms with E-state index in [4.69, 9.17) is 11.6 Å². The van der Waals surface area contributed by atoms with Gasteiger partial charge >= 0.3 is 0 Å². The lowest BCUT2D eigenvalue weighted by Gasteiger charge is -2.15. The van der Waals surface area contributed by atoms with E-state index in [0.29, 0.717) is 28.6 Å². The van der Waals surface area contributed by atoms with Gasteiger partial charge in [-0.15, -0.1) is 11.8 Å². The molecule has 0 saturated heterocycles. The van der Waals surface area contributed by atoms with Crippen LogP contribution in [0, 0.1) is 0 Å². The third-order valence-corrected chi connectivity index (χ3v) is 7.70. The second-order valence-electron chi connectivity index (χ2n) is 6.42. The van der Waals surface area contributed by atoms with Crippen LogP contribution in [0.5, 0.6) is 0 Å². The topological polar surface area (TPSA) is 92.3 Å². The summed E-state index contributed by atoms with van der Waals surface area (Å²) in [6, 6.07) is 11.3. The maximum Gasteiger partial charge on any atom is 0.225 e. The standard InChI is InChI=1S/C19H19ClN2O4S2/c1-12(9-19(24)21-14-4-2-3-13(20)10-14)28(25,26)15-5-6-17-16(11-15)22-18(23)7-8-27-17/h2-6,10-12H,7-9H2,1H3,(H,21,24)(H,22,23). The molecule has 0 saturated carbocycles. The summed E-state index contributed by atoms with van der Waals surface area (Å²) >= 11 is 7.39. The molecule has 1 unspecified atom stereocenters. The average Bonchev–Trinajstić information content (AvgIpc) is 2.81. The van der Waals surface area contributed by atoms with Gasteiger partial charge in [0.25, 0.3) is 0 Å². The predicted molar refractivity (Wildman–Crippen MR) is 112 cm³/mol. The third-order valence-electron chi connectivity index (χ3n) is 4.25. The Morgan fingerprint density at radius 3 is 2.82 bits per heavy atom. The van der Waals surface area contributed by atoms with Crippen molar-refractivity contribution in [2.75, 3.05) is 16.4 Å². The molecule has 2 aromatic carbocycles. The summed E-state index contributed by atoms with van der Waals surface area (Å²) in [5.41, 5.74) is 0.996. The average molecular weight is 439 g/mol. The molecular weight excluding hydrogens is 420 g/mol. The summed E-state index contributed by atoms with van der Waals surface area (Å²) in [6.07, 6.45) is 0.175. The van der Waals surface area contributed by atoms with E-state index in [1.165, 1.54) is 30.8 Å². The van der Waals surface area contributed by atoms with E-state index in [0.717, 1.165) is 4.90 Å². The minimum absolute atomic E-state index is 0.0807. The van der Waals surface area contributed by atoms with Gasteiger partial charge < -0.3 is 10.6 Å². The number of anilines is 2. The number of amides is 2. The van der Waals surface area contributed by atoms with Crippen LogP contribution in [0.2, 0.25) is 5.02 Å². The van der Waals surface area contributed by atoms with E-state index < -0.39 is 21.0 Å². The Balaban J connectivity index is 1.74. The molecule has 1 atom stereocenters. The Bertz CT molecular complexity index is 1020. The van der Waals surface area contributed by atoms with Gasteiger partial charge in [0.15, 0.2) is 9.84 Å². The lowest BCUT2D eigenvalue weighted by atomic mass is 10.3. The summed E-state index contributed by atoms with van der Waals surface area (Å²) < 4.78 is 25.8. The molecule has 0 aromatic heterocycles. The summed E-state index contributed by atoms with van der Waals surface area (Å²) in [5, 5.41) is 4.93. The van der Waals surface area contributed by atoms with Gasteiger partial charge in [0, 0.05) is 34.2 Å². The summed E-state index contributed by atoms with van der Waals surface area (Å²) in [4.78, 5) is 24.9. The van der Waals surface area contributed by atoms with E-state index >= 15 is 0 Å². The number of carbonyl (C=O) groups is 2. The Kier molecular flexibility index (Phi) is 6.32. The van der Waals surface area contributed by atoms with Crippen molar-refractivity contribution < 1.29 is 18.0 Å². The van der Waals surface area contributed by atoms with Crippen LogP contribution >= 0.6 is 23.4 Å². The fourth-order valence-electron chi connectivity index (χ4n) is 2.76. The second kappa shape index (κ2) is 8.55. The molecule has 1 aliphatic rings. The highest BCUT2D eigenvalue weighted by Crippen LogP contribution is 2.33. The van der Waals surface area contributed by atoms with Crippen molar-refractivity contribution in [1.82, 2.24) is 0 Å². The van der Waals surface area contributed by atoms with Crippen LogP contribution in [-0.4, -0.2) is 31.2 Å². The zero-order valence-electron chi connectivity index (χ0n) is 15.1. The first-order valence-corrected chi connectivity index (χ1v) is 11.5. The number of rotatable bonds is 5. The SMILES string of the molecule is CC(CC(=O)Nc1cccc(Cl)c1)S(=O)(=O)c1ccc2c(c1)NC(=O)CCS2. The molecule has 2 aromatic rings. The first kappa shape index (κ1) is 20.7. The van der Waals surface area contributed by atoms with Gasteiger partial charge in [-0.1, -0.05) is 17.7 Å². The number of fused-ring (bicyclic) bond motifs is 1. The molecule has 148 valence electrons. The van der Waals surface area contributed by atoms with Crippen LogP contribution in [-0.2, 0) is 19.4 Å². The van der Waals surface area contributed by atoms with Crippen LogP contribution in [0.1, 0.15) is 19.8 Å². The van der Waals surface area contributed by atoms with E-state index in [1.54, 1.807) is 30.3 Å². The van der Waals surface area contributed by atoms with E-state index in [9.17, 15) is 18.0 Å². The van der Waals surface area contributed by atoms with Crippen LogP contribution in [0.4, 0.5) is 11.4 Å². The summed E-state index contributed by atoms with van der Waals surface area (Å²) in [5.74, 6) is 0.0806. The lowest BCUT2D eigenvalue weighted by molar-refractivity contribution is -0.116. The Hall–Kier alpha value is -2.03. The highest BCUT2D eigenvalue weighted by Gasteiger charge is 2.27.